The molecule has 4 nitrogen and oxygen atoms in total. The van der Waals surface area contributed by atoms with Crippen LogP contribution in [0.15, 0.2) is 6.20 Å². The average molecular weight is 279 g/mol. The first-order valence-corrected chi connectivity index (χ1v) is 5.97. The van der Waals surface area contributed by atoms with Crippen molar-refractivity contribution in [2.75, 3.05) is 32.2 Å². The van der Waals surface area contributed by atoms with E-state index in [1.807, 2.05) is 13.8 Å². The summed E-state index contributed by atoms with van der Waals surface area (Å²) in [5.74, 6) is 0.257. The van der Waals surface area contributed by atoms with Gasteiger partial charge in [0.1, 0.15) is 0 Å². The highest BCUT2D eigenvalue weighted by Gasteiger charge is 2.33. The highest BCUT2D eigenvalue weighted by atomic mass is 19.4. The van der Waals surface area contributed by atoms with Crippen LogP contribution >= 0.6 is 0 Å². The standard InChI is InChI=1S/C10H14F3N3O.C2H6/c1-7-8(10(11,12)13)6-14-9(15-7)16(2)4-5-17-3;1-2/h6H,4-5H2,1-3H3;1-2H3. The highest BCUT2D eigenvalue weighted by molar-refractivity contribution is 5.32. The predicted octanol–water partition coefficient (Wildman–Crippen LogP) is 2.91. The first kappa shape index (κ1) is 17.6. The van der Waals surface area contributed by atoms with E-state index in [2.05, 4.69) is 9.97 Å². The van der Waals surface area contributed by atoms with Crippen molar-refractivity contribution < 1.29 is 17.9 Å². The molecule has 0 N–H and O–H groups in total. The summed E-state index contributed by atoms with van der Waals surface area (Å²) >= 11 is 0. The Morgan fingerprint density at radius 3 is 2.32 bits per heavy atom. The van der Waals surface area contributed by atoms with Gasteiger partial charge in [0, 0.05) is 26.9 Å². The fraction of sp³-hybridized carbons (Fsp3) is 0.667. The Hall–Kier alpha value is -1.37. The highest BCUT2D eigenvalue weighted by Crippen LogP contribution is 2.30. The summed E-state index contributed by atoms with van der Waals surface area (Å²) in [5, 5.41) is 0. The van der Waals surface area contributed by atoms with Crippen LogP contribution in [-0.2, 0) is 10.9 Å². The van der Waals surface area contributed by atoms with E-state index in [-0.39, 0.29) is 11.6 Å². The second kappa shape index (κ2) is 7.93. The van der Waals surface area contributed by atoms with Crippen LogP contribution in [0.1, 0.15) is 25.1 Å². The first-order chi connectivity index (χ1) is 8.86. The number of aromatic nitrogens is 2. The van der Waals surface area contributed by atoms with Crippen molar-refractivity contribution in [3.63, 3.8) is 0 Å². The molecular formula is C12H20F3N3O. The van der Waals surface area contributed by atoms with E-state index < -0.39 is 11.7 Å². The van der Waals surface area contributed by atoms with Gasteiger partial charge in [-0.05, 0) is 6.92 Å². The molecule has 0 saturated carbocycles. The molecule has 110 valence electrons. The molecule has 0 fully saturated rings. The summed E-state index contributed by atoms with van der Waals surface area (Å²) in [6, 6.07) is 0. The van der Waals surface area contributed by atoms with Crippen LogP contribution in [0.5, 0.6) is 0 Å². The van der Waals surface area contributed by atoms with Crippen LogP contribution in [-0.4, -0.2) is 37.3 Å². The number of methoxy groups -OCH3 is 1. The lowest BCUT2D eigenvalue weighted by molar-refractivity contribution is -0.138. The largest absolute Gasteiger partial charge is 0.419 e. The maximum atomic E-state index is 12.5. The summed E-state index contributed by atoms with van der Waals surface area (Å²) < 4.78 is 42.3. The molecule has 0 aliphatic heterocycles. The van der Waals surface area contributed by atoms with Crippen LogP contribution in [0.4, 0.5) is 19.1 Å². The predicted molar refractivity (Wildman–Crippen MR) is 68.3 cm³/mol. The van der Waals surface area contributed by atoms with Crippen LogP contribution in [0.3, 0.4) is 0 Å². The van der Waals surface area contributed by atoms with Gasteiger partial charge in [0.15, 0.2) is 0 Å². The fourth-order valence-corrected chi connectivity index (χ4v) is 1.25. The number of hydrogen-bond donors (Lipinski definition) is 0. The minimum absolute atomic E-state index is 0.0771. The number of ether oxygens (including phenoxy) is 1. The van der Waals surface area contributed by atoms with Crippen molar-refractivity contribution in [1.29, 1.82) is 0 Å². The second-order valence-corrected chi connectivity index (χ2v) is 3.58. The molecule has 0 aromatic carbocycles. The fourth-order valence-electron chi connectivity index (χ4n) is 1.25. The summed E-state index contributed by atoms with van der Waals surface area (Å²) in [5.41, 5.74) is -0.881. The van der Waals surface area contributed by atoms with Crippen molar-refractivity contribution in [2.45, 2.75) is 26.9 Å². The number of aryl methyl sites for hydroxylation is 1. The topological polar surface area (TPSA) is 38.2 Å². The van der Waals surface area contributed by atoms with Gasteiger partial charge >= 0.3 is 6.18 Å². The van der Waals surface area contributed by atoms with Crippen LogP contribution < -0.4 is 4.90 Å². The zero-order valence-corrected chi connectivity index (χ0v) is 11.9. The van der Waals surface area contributed by atoms with Crippen molar-refractivity contribution >= 4 is 5.95 Å². The number of likely N-dealkylation sites (N-methyl/N-ethyl adjacent to an activating group) is 1. The molecule has 0 saturated heterocycles. The van der Waals surface area contributed by atoms with Gasteiger partial charge in [-0.3, -0.25) is 0 Å². The van der Waals surface area contributed by atoms with E-state index in [9.17, 15) is 13.2 Å². The summed E-state index contributed by atoms with van der Waals surface area (Å²) in [4.78, 5) is 9.17. The number of nitrogens with zero attached hydrogens (tertiary/aromatic N) is 3. The molecule has 0 aliphatic carbocycles. The van der Waals surface area contributed by atoms with Crippen molar-refractivity contribution in [1.82, 2.24) is 9.97 Å². The van der Waals surface area contributed by atoms with Crippen LogP contribution in [0.2, 0.25) is 0 Å². The SMILES string of the molecule is CC.COCCN(C)c1ncc(C(F)(F)F)c(C)n1. The molecule has 1 heterocycles. The Balaban J connectivity index is 0.00000154. The number of halogens is 3. The molecule has 0 aliphatic rings. The number of rotatable bonds is 4. The van der Waals surface area contributed by atoms with Crippen LogP contribution in [0, 0.1) is 6.92 Å². The monoisotopic (exact) mass is 279 g/mol. The van der Waals surface area contributed by atoms with Gasteiger partial charge in [-0.1, -0.05) is 13.8 Å². The van der Waals surface area contributed by atoms with E-state index in [0.717, 1.165) is 6.20 Å². The minimum Gasteiger partial charge on any atom is -0.383 e. The molecule has 7 heteroatoms. The third-order valence-electron chi connectivity index (χ3n) is 2.24. The minimum atomic E-state index is -4.41. The van der Waals surface area contributed by atoms with Crippen LogP contribution in [0.25, 0.3) is 0 Å². The molecule has 1 rings (SSSR count). The van der Waals surface area contributed by atoms with Crippen molar-refractivity contribution in [3.05, 3.63) is 17.5 Å². The van der Waals surface area contributed by atoms with E-state index in [4.69, 9.17) is 4.74 Å². The van der Waals surface area contributed by atoms with Gasteiger partial charge in [0.25, 0.3) is 0 Å². The molecule has 0 unspecified atom stereocenters. The normalized spacial score (nSPS) is 10.7. The average Bonchev–Trinajstić information content (AvgIpc) is 2.36. The molecule has 19 heavy (non-hydrogen) atoms. The molecule has 0 amide bonds. The lowest BCUT2D eigenvalue weighted by Gasteiger charge is -2.18. The van der Waals surface area contributed by atoms with Gasteiger partial charge in [-0.2, -0.15) is 13.2 Å². The number of anilines is 1. The quantitative estimate of drug-likeness (QED) is 0.849. The van der Waals surface area contributed by atoms with E-state index >= 15 is 0 Å². The lowest BCUT2D eigenvalue weighted by atomic mass is 10.2. The molecular weight excluding hydrogens is 259 g/mol. The van der Waals surface area contributed by atoms with Gasteiger partial charge in [0.2, 0.25) is 5.95 Å². The molecule has 1 aromatic heterocycles. The number of alkyl halides is 3. The van der Waals surface area contributed by atoms with E-state index in [0.29, 0.717) is 13.2 Å². The Morgan fingerprint density at radius 2 is 1.89 bits per heavy atom. The molecule has 0 radical (unpaired) electrons. The van der Waals surface area contributed by atoms with Crippen molar-refractivity contribution in [2.24, 2.45) is 0 Å². The smallest absolute Gasteiger partial charge is 0.383 e. The summed E-state index contributed by atoms with van der Waals surface area (Å²) in [7, 11) is 3.24. The molecule has 0 bridgehead atoms. The second-order valence-electron chi connectivity index (χ2n) is 3.58. The van der Waals surface area contributed by atoms with Gasteiger partial charge in [-0.15, -0.1) is 0 Å². The van der Waals surface area contributed by atoms with E-state index in [1.54, 1.807) is 19.1 Å². The third kappa shape index (κ3) is 5.42. The van der Waals surface area contributed by atoms with Crippen molar-refractivity contribution in [3.8, 4) is 0 Å². The Bertz CT molecular complexity index is 383. The zero-order valence-electron chi connectivity index (χ0n) is 11.9. The van der Waals surface area contributed by atoms with Gasteiger partial charge in [0.05, 0.1) is 17.9 Å². The maximum absolute atomic E-state index is 12.5. The Kier molecular flexibility index (Phi) is 7.36. The van der Waals surface area contributed by atoms with E-state index in [1.165, 1.54) is 6.92 Å². The number of hydrogen-bond acceptors (Lipinski definition) is 4. The Labute approximate surface area is 111 Å². The summed E-state index contributed by atoms with van der Waals surface area (Å²) in [6.07, 6.45) is -3.60. The lowest BCUT2D eigenvalue weighted by Crippen LogP contribution is -2.25. The van der Waals surface area contributed by atoms with Gasteiger partial charge in [-0.25, -0.2) is 9.97 Å². The van der Waals surface area contributed by atoms with Gasteiger partial charge < -0.3 is 9.64 Å². The molecule has 1 aromatic rings. The molecule has 0 spiro atoms. The third-order valence-corrected chi connectivity index (χ3v) is 2.24. The maximum Gasteiger partial charge on any atom is 0.419 e. The zero-order chi connectivity index (χ0) is 15.1. The molecule has 0 atom stereocenters. The summed E-state index contributed by atoms with van der Waals surface area (Å²) in [6.45, 7) is 6.29. The first-order valence-electron chi connectivity index (χ1n) is 5.97. The Morgan fingerprint density at radius 1 is 1.32 bits per heavy atom.